The Morgan fingerprint density at radius 3 is 2.89 bits per heavy atom. The van der Waals surface area contributed by atoms with Crippen molar-refractivity contribution in [3.05, 3.63) is 12.2 Å². The summed E-state index contributed by atoms with van der Waals surface area (Å²) in [5, 5.41) is 7.89. The molecule has 0 aliphatic carbocycles. The highest BCUT2D eigenvalue weighted by Gasteiger charge is 2.35. The van der Waals surface area contributed by atoms with Gasteiger partial charge in [0.2, 0.25) is 0 Å². The van der Waals surface area contributed by atoms with E-state index in [0.29, 0.717) is 12.0 Å². The Labute approximate surface area is 109 Å². The lowest BCUT2D eigenvalue weighted by atomic mass is 9.92. The van der Waals surface area contributed by atoms with E-state index in [1.807, 2.05) is 4.68 Å². The summed E-state index contributed by atoms with van der Waals surface area (Å²) >= 11 is 0. The van der Waals surface area contributed by atoms with Gasteiger partial charge in [0, 0.05) is 18.6 Å². The van der Waals surface area contributed by atoms with Crippen molar-refractivity contribution < 1.29 is 4.74 Å². The van der Waals surface area contributed by atoms with E-state index in [2.05, 4.69) is 43.1 Å². The molecule has 1 aromatic rings. The van der Waals surface area contributed by atoms with Crippen LogP contribution >= 0.6 is 0 Å². The van der Waals surface area contributed by atoms with E-state index in [1.54, 1.807) is 6.33 Å². The average molecular weight is 252 g/mol. The first-order valence-corrected chi connectivity index (χ1v) is 6.89. The maximum absolute atomic E-state index is 5.69. The Morgan fingerprint density at radius 1 is 1.56 bits per heavy atom. The lowest BCUT2D eigenvalue weighted by Crippen LogP contribution is -2.34. The number of hydrogen-bond acceptors (Lipinski definition) is 4. The van der Waals surface area contributed by atoms with Crippen LogP contribution in [0.4, 0.5) is 0 Å². The van der Waals surface area contributed by atoms with Crippen molar-refractivity contribution in [2.75, 3.05) is 13.2 Å². The van der Waals surface area contributed by atoms with Gasteiger partial charge in [-0.25, -0.2) is 9.67 Å². The molecule has 0 spiro atoms. The Bertz CT molecular complexity index is 377. The molecule has 1 fully saturated rings. The quantitative estimate of drug-likeness (QED) is 0.870. The minimum absolute atomic E-state index is 0.234. The first kappa shape index (κ1) is 13.5. The van der Waals surface area contributed by atoms with Crippen LogP contribution in [0.25, 0.3) is 0 Å². The van der Waals surface area contributed by atoms with Crippen LogP contribution in [0, 0.1) is 5.92 Å². The zero-order valence-corrected chi connectivity index (χ0v) is 11.8. The van der Waals surface area contributed by atoms with Crippen molar-refractivity contribution in [3.63, 3.8) is 0 Å². The Morgan fingerprint density at radius 2 is 2.33 bits per heavy atom. The maximum atomic E-state index is 5.69. The molecule has 0 bridgehead atoms. The molecule has 1 N–H and O–H groups in total. The standard InChI is InChI=1S/C13H24N4O/c1-5-14-12(11-6-7-18-10(11)4)13-15-8-16-17(13)9(2)3/h8-12,14H,5-7H2,1-4H3. The van der Waals surface area contributed by atoms with Crippen LogP contribution in [-0.4, -0.2) is 34.0 Å². The first-order chi connectivity index (χ1) is 8.65. The minimum atomic E-state index is 0.234. The van der Waals surface area contributed by atoms with Crippen LogP contribution in [0.1, 0.15) is 52.0 Å². The second-order valence-corrected chi connectivity index (χ2v) is 5.22. The molecule has 3 atom stereocenters. The van der Waals surface area contributed by atoms with Gasteiger partial charge in [0.05, 0.1) is 12.1 Å². The van der Waals surface area contributed by atoms with Gasteiger partial charge in [0.1, 0.15) is 12.2 Å². The van der Waals surface area contributed by atoms with Gasteiger partial charge < -0.3 is 10.1 Å². The summed E-state index contributed by atoms with van der Waals surface area (Å²) in [6.45, 7) is 10.3. The van der Waals surface area contributed by atoms with Gasteiger partial charge in [-0.15, -0.1) is 0 Å². The molecule has 0 aromatic carbocycles. The Hall–Kier alpha value is -0.940. The van der Waals surface area contributed by atoms with Crippen molar-refractivity contribution in [2.45, 2.75) is 52.3 Å². The normalized spacial score (nSPS) is 25.8. The number of hydrogen-bond donors (Lipinski definition) is 1. The molecule has 0 amide bonds. The number of ether oxygens (including phenoxy) is 1. The molecule has 1 saturated heterocycles. The zero-order chi connectivity index (χ0) is 13.1. The highest BCUT2D eigenvalue weighted by atomic mass is 16.5. The van der Waals surface area contributed by atoms with Crippen molar-refractivity contribution in [1.29, 1.82) is 0 Å². The van der Waals surface area contributed by atoms with Crippen molar-refractivity contribution in [1.82, 2.24) is 20.1 Å². The van der Waals surface area contributed by atoms with Crippen LogP contribution in [0.2, 0.25) is 0 Å². The molecule has 2 heterocycles. The highest BCUT2D eigenvalue weighted by molar-refractivity contribution is 5.01. The van der Waals surface area contributed by atoms with Crippen molar-refractivity contribution in [3.8, 4) is 0 Å². The zero-order valence-electron chi connectivity index (χ0n) is 11.8. The second-order valence-electron chi connectivity index (χ2n) is 5.22. The average Bonchev–Trinajstić information content (AvgIpc) is 2.94. The van der Waals surface area contributed by atoms with E-state index in [4.69, 9.17) is 4.74 Å². The third kappa shape index (κ3) is 2.57. The number of nitrogens with zero attached hydrogens (tertiary/aromatic N) is 3. The van der Waals surface area contributed by atoms with Gasteiger partial charge in [0.15, 0.2) is 0 Å². The van der Waals surface area contributed by atoms with Crippen LogP contribution in [0.3, 0.4) is 0 Å². The fourth-order valence-electron chi connectivity index (χ4n) is 2.72. The van der Waals surface area contributed by atoms with Gasteiger partial charge in [0.25, 0.3) is 0 Å². The molecular formula is C13H24N4O. The predicted molar refractivity (Wildman–Crippen MR) is 70.3 cm³/mol. The molecule has 0 saturated carbocycles. The van der Waals surface area contributed by atoms with E-state index in [-0.39, 0.29) is 12.1 Å². The molecule has 3 unspecified atom stereocenters. The monoisotopic (exact) mass is 252 g/mol. The van der Waals surface area contributed by atoms with Crippen LogP contribution in [0.5, 0.6) is 0 Å². The summed E-state index contributed by atoms with van der Waals surface area (Å²) in [5.74, 6) is 1.51. The van der Waals surface area contributed by atoms with Gasteiger partial charge in [-0.05, 0) is 33.7 Å². The summed E-state index contributed by atoms with van der Waals surface area (Å²) in [5.41, 5.74) is 0. The van der Waals surface area contributed by atoms with E-state index < -0.39 is 0 Å². The predicted octanol–water partition coefficient (Wildman–Crippen LogP) is 1.93. The molecule has 18 heavy (non-hydrogen) atoms. The van der Waals surface area contributed by atoms with Gasteiger partial charge in [-0.3, -0.25) is 0 Å². The summed E-state index contributed by atoms with van der Waals surface area (Å²) in [6, 6.07) is 0.568. The SMILES string of the molecule is CCNC(c1ncnn1C(C)C)C1CCOC1C. The summed E-state index contributed by atoms with van der Waals surface area (Å²) in [4.78, 5) is 4.47. The third-order valence-corrected chi connectivity index (χ3v) is 3.66. The van der Waals surface area contributed by atoms with Crippen LogP contribution < -0.4 is 5.32 Å². The topological polar surface area (TPSA) is 52.0 Å². The summed E-state index contributed by atoms with van der Waals surface area (Å²) in [6.07, 6.45) is 3.02. The fraction of sp³-hybridized carbons (Fsp3) is 0.846. The molecule has 5 heteroatoms. The van der Waals surface area contributed by atoms with Gasteiger partial charge in [-0.1, -0.05) is 6.92 Å². The molecule has 2 rings (SSSR count). The van der Waals surface area contributed by atoms with Gasteiger partial charge >= 0.3 is 0 Å². The lowest BCUT2D eigenvalue weighted by molar-refractivity contribution is 0.0937. The van der Waals surface area contributed by atoms with E-state index in [9.17, 15) is 0 Å². The molecule has 1 aromatic heterocycles. The summed E-state index contributed by atoms with van der Waals surface area (Å²) in [7, 11) is 0. The van der Waals surface area contributed by atoms with E-state index in [1.165, 1.54) is 0 Å². The maximum Gasteiger partial charge on any atom is 0.144 e. The molecule has 1 aliphatic rings. The molecule has 5 nitrogen and oxygen atoms in total. The van der Waals surface area contributed by atoms with Gasteiger partial charge in [-0.2, -0.15) is 5.10 Å². The van der Waals surface area contributed by atoms with E-state index >= 15 is 0 Å². The second kappa shape index (κ2) is 5.80. The first-order valence-electron chi connectivity index (χ1n) is 6.89. The van der Waals surface area contributed by atoms with Crippen molar-refractivity contribution in [2.24, 2.45) is 5.92 Å². The lowest BCUT2D eigenvalue weighted by Gasteiger charge is -2.27. The molecular weight excluding hydrogens is 228 g/mol. The Kier molecular flexibility index (Phi) is 4.35. The fourth-order valence-corrected chi connectivity index (χ4v) is 2.72. The van der Waals surface area contributed by atoms with Crippen LogP contribution in [0.15, 0.2) is 6.33 Å². The highest BCUT2D eigenvalue weighted by Crippen LogP contribution is 2.32. The van der Waals surface area contributed by atoms with Crippen molar-refractivity contribution >= 4 is 0 Å². The molecule has 0 radical (unpaired) electrons. The third-order valence-electron chi connectivity index (χ3n) is 3.66. The smallest absolute Gasteiger partial charge is 0.144 e. The largest absolute Gasteiger partial charge is 0.378 e. The number of rotatable bonds is 5. The molecule has 1 aliphatic heterocycles. The molecule has 102 valence electrons. The number of nitrogens with one attached hydrogen (secondary N) is 1. The number of aromatic nitrogens is 3. The van der Waals surface area contributed by atoms with E-state index in [0.717, 1.165) is 25.4 Å². The summed E-state index contributed by atoms with van der Waals surface area (Å²) < 4.78 is 7.71. The Balaban J connectivity index is 2.26. The van der Waals surface area contributed by atoms with Crippen LogP contribution in [-0.2, 0) is 4.74 Å². The minimum Gasteiger partial charge on any atom is -0.378 e.